The van der Waals surface area contributed by atoms with Crippen LogP contribution in [-0.2, 0) is 0 Å². The van der Waals surface area contributed by atoms with Gasteiger partial charge in [0.2, 0.25) is 0 Å². The predicted octanol–water partition coefficient (Wildman–Crippen LogP) is 2.76. The number of hydrogen-bond acceptors (Lipinski definition) is 4. The third-order valence-corrected chi connectivity index (χ3v) is 3.34. The predicted molar refractivity (Wildman–Crippen MR) is 86.7 cm³/mol. The van der Waals surface area contributed by atoms with Crippen molar-refractivity contribution in [3.8, 4) is 11.5 Å². The summed E-state index contributed by atoms with van der Waals surface area (Å²) >= 11 is 0. The number of carbonyl (C=O) groups is 1. The summed E-state index contributed by atoms with van der Waals surface area (Å²) in [6, 6.07) is 4.81. The minimum atomic E-state index is -0.665. The van der Waals surface area contributed by atoms with Gasteiger partial charge in [0, 0.05) is 6.07 Å². The summed E-state index contributed by atoms with van der Waals surface area (Å²) in [5, 5.41) is 14.9. The number of nitrogens with one attached hydrogen (secondary N) is 2. The van der Waals surface area contributed by atoms with Gasteiger partial charge in [-0.05, 0) is 39.3 Å². The molecule has 0 aromatic heterocycles. The van der Waals surface area contributed by atoms with E-state index >= 15 is 0 Å². The zero-order valence-corrected chi connectivity index (χ0v) is 13.9. The minimum Gasteiger partial charge on any atom is -0.497 e. The lowest BCUT2D eigenvalue weighted by molar-refractivity contribution is 0.172. The number of methoxy groups -OCH3 is 1. The van der Waals surface area contributed by atoms with Crippen LogP contribution < -0.4 is 20.1 Å². The van der Waals surface area contributed by atoms with E-state index in [1.54, 1.807) is 32.2 Å². The molecule has 22 heavy (non-hydrogen) atoms. The van der Waals surface area contributed by atoms with Gasteiger partial charge in [-0.3, -0.25) is 0 Å². The van der Waals surface area contributed by atoms with Crippen molar-refractivity contribution in [1.82, 2.24) is 5.32 Å². The van der Waals surface area contributed by atoms with Crippen molar-refractivity contribution in [2.24, 2.45) is 0 Å². The summed E-state index contributed by atoms with van der Waals surface area (Å²) in [4.78, 5) is 12.2. The van der Waals surface area contributed by atoms with Gasteiger partial charge in [0.15, 0.2) is 0 Å². The Bertz CT molecular complexity index is 499. The molecule has 6 heteroatoms. The summed E-state index contributed by atoms with van der Waals surface area (Å²) in [6.45, 7) is 7.37. The number of urea groups is 1. The number of anilines is 1. The monoisotopic (exact) mass is 310 g/mol. The first-order valence-corrected chi connectivity index (χ1v) is 7.38. The SMILES string of the molecule is CCC(C)(CO)NC(=O)Nc1cc(OC)ccc1OC(C)C. The van der Waals surface area contributed by atoms with Crippen LogP contribution in [0.25, 0.3) is 0 Å². The lowest BCUT2D eigenvalue weighted by atomic mass is 10.0. The third-order valence-electron chi connectivity index (χ3n) is 3.34. The third kappa shape index (κ3) is 5.11. The van der Waals surface area contributed by atoms with E-state index in [1.165, 1.54) is 0 Å². The molecule has 1 aromatic carbocycles. The summed E-state index contributed by atoms with van der Waals surface area (Å²) in [7, 11) is 1.56. The first kappa shape index (κ1) is 18.1. The maximum atomic E-state index is 12.2. The van der Waals surface area contributed by atoms with E-state index < -0.39 is 11.6 Å². The normalized spacial score (nSPS) is 13.4. The summed E-state index contributed by atoms with van der Waals surface area (Å²) in [6.07, 6.45) is 0.597. The summed E-state index contributed by atoms with van der Waals surface area (Å²) in [5.41, 5.74) is -0.149. The molecule has 124 valence electrons. The zero-order chi connectivity index (χ0) is 16.8. The molecule has 0 saturated carbocycles. The van der Waals surface area contributed by atoms with Gasteiger partial charge in [-0.25, -0.2) is 4.79 Å². The molecule has 3 N–H and O–H groups in total. The van der Waals surface area contributed by atoms with Gasteiger partial charge in [-0.1, -0.05) is 6.92 Å². The van der Waals surface area contributed by atoms with Crippen molar-refractivity contribution >= 4 is 11.7 Å². The number of amides is 2. The topological polar surface area (TPSA) is 79.8 Å². The van der Waals surface area contributed by atoms with Crippen molar-refractivity contribution in [3.63, 3.8) is 0 Å². The minimum absolute atomic E-state index is 0.0182. The fourth-order valence-electron chi connectivity index (χ4n) is 1.76. The largest absolute Gasteiger partial charge is 0.497 e. The van der Waals surface area contributed by atoms with Gasteiger partial charge in [-0.2, -0.15) is 0 Å². The molecule has 1 aromatic rings. The van der Waals surface area contributed by atoms with Crippen LogP contribution in [0.3, 0.4) is 0 Å². The maximum absolute atomic E-state index is 12.2. The molecule has 1 rings (SSSR count). The molecule has 1 atom stereocenters. The highest BCUT2D eigenvalue weighted by Crippen LogP contribution is 2.30. The van der Waals surface area contributed by atoms with Crippen LogP contribution in [0.15, 0.2) is 18.2 Å². The Morgan fingerprint density at radius 2 is 2.09 bits per heavy atom. The van der Waals surface area contributed by atoms with Gasteiger partial charge in [-0.15, -0.1) is 0 Å². The van der Waals surface area contributed by atoms with Gasteiger partial charge in [0.25, 0.3) is 0 Å². The van der Waals surface area contributed by atoms with Crippen molar-refractivity contribution in [2.75, 3.05) is 19.0 Å². The van der Waals surface area contributed by atoms with Gasteiger partial charge >= 0.3 is 6.03 Å². The highest BCUT2D eigenvalue weighted by atomic mass is 16.5. The van der Waals surface area contributed by atoms with E-state index in [4.69, 9.17) is 9.47 Å². The van der Waals surface area contributed by atoms with E-state index in [2.05, 4.69) is 10.6 Å². The second-order valence-electron chi connectivity index (χ2n) is 5.68. The molecule has 0 aliphatic rings. The number of carbonyl (C=O) groups excluding carboxylic acids is 1. The molecule has 0 saturated heterocycles. The van der Waals surface area contributed by atoms with Crippen molar-refractivity contribution in [1.29, 1.82) is 0 Å². The summed E-state index contributed by atoms with van der Waals surface area (Å²) < 4.78 is 10.9. The quantitative estimate of drug-likeness (QED) is 0.723. The number of benzene rings is 1. The Hall–Kier alpha value is -1.95. The second-order valence-corrected chi connectivity index (χ2v) is 5.68. The second kappa shape index (κ2) is 7.89. The molecule has 0 fully saturated rings. The first-order valence-electron chi connectivity index (χ1n) is 7.38. The highest BCUT2D eigenvalue weighted by molar-refractivity contribution is 5.91. The van der Waals surface area contributed by atoms with E-state index in [0.29, 0.717) is 23.6 Å². The Kier molecular flexibility index (Phi) is 6.49. The van der Waals surface area contributed by atoms with Crippen LogP contribution in [-0.4, -0.2) is 36.5 Å². The average molecular weight is 310 g/mol. The average Bonchev–Trinajstić information content (AvgIpc) is 2.48. The number of aliphatic hydroxyl groups is 1. The van der Waals surface area contributed by atoms with Crippen LogP contribution in [0.1, 0.15) is 34.1 Å². The van der Waals surface area contributed by atoms with Crippen LogP contribution in [0.5, 0.6) is 11.5 Å². The standard InChI is InChI=1S/C16H26N2O4/c1-6-16(4,10-19)18-15(20)17-13-9-12(21-5)7-8-14(13)22-11(2)3/h7-9,11,19H,6,10H2,1-5H3,(H2,17,18,20). The van der Waals surface area contributed by atoms with Crippen molar-refractivity contribution in [2.45, 2.75) is 45.8 Å². The van der Waals surface area contributed by atoms with Crippen LogP contribution in [0.2, 0.25) is 0 Å². The Morgan fingerprint density at radius 3 is 2.59 bits per heavy atom. The van der Waals surface area contributed by atoms with Crippen LogP contribution >= 0.6 is 0 Å². The molecule has 0 bridgehead atoms. The molecule has 0 spiro atoms. The smallest absolute Gasteiger partial charge is 0.319 e. The molecule has 6 nitrogen and oxygen atoms in total. The maximum Gasteiger partial charge on any atom is 0.319 e. The molecular weight excluding hydrogens is 284 g/mol. The molecular formula is C16H26N2O4. The van der Waals surface area contributed by atoms with E-state index in [1.807, 2.05) is 20.8 Å². The number of rotatable bonds is 7. The zero-order valence-electron chi connectivity index (χ0n) is 13.9. The van der Waals surface area contributed by atoms with E-state index in [0.717, 1.165) is 0 Å². The lowest BCUT2D eigenvalue weighted by Gasteiger charge is -2.27. The molecule has 2 amide bonds. The molecule has 1 unspecified atom stereocenters. The summed E-state index contributed by atoms with van der Waals surface area (Å²) in [5.74, 6) is 1.18. The first-order chi connectivity index (χ1) is 10.3. The molecule has 0 aliphatic carbocycles. The fraction of sp³-hybridized carbons (Fsp3) is 0.562. The number of aliphatic hydroxyl groups excluding tert-OH is 1. The fourth-order valence-corrected chi connectivity index (χ4v) is 1.76. The molecule has 0 aliphatic heterocycles. The molecule has 0 heterocycles. The Labute approximate surface area is 131 Å². The van der Waals surface area contributed by atoms with Gasteiger partial charge < -0.3 is 25.2 Å². The van der Waals surface area contributed by atoms with Crippen molar-refractivity contribution < 1.29 is 19.4 Å². The van der Waals surface area contributed by atoms with Crippen LogP contribution in [0, 0.1) is 0 Å². The van der Waals surface area contributed by atoms with E-state index in [-0.39, 0.29) is 12.7 Å². The Balaban J connectivity index is 2.92. The van der Waals surface area contributed by atoms with Crippen LogP contribution in [0.4, 0.5) is 10.5 Å². The molecule has 0 radical (unpaired) electrons. The highest BCUT2D eigenvalue weighted by Gasteiger charge is 2.23. The number of ether oxygens (including phenoxy) is 2. The van der Waals surface area contributed by atoms with Gasteiger partial charge in [0.1, 0.15) is 11.5 Å². The lowest BCUT2D eigenvalue weighted by Crippen LogP contribution is -2.50. The number of hydrogen-bond donors (Lipinski definition) is 3. The van der Waals surface area contributed by atoms with Crippen molar-refractivity contribution in [3.05, 3.63) is 18.2 Å². The van der Waals surface area contributed by atoms with Gasteiger partial charge in [0.05, 0.1) is 31.0 Å². The Morgan fingerprint density at radius 1 is 1.41 bits per heavy atom. The van der Waals surface area contributed by atoms with E-state index in [9.17, 15) is 9.90 Å².